The number of hydrogen-bond acceptors (Lipinski definition) is 7. The second-order valence-corrected chi connectivity index (χ2v) is 11.3. The number of amides is 1. The molecule has 0 saturated carbocycles. The molecule has 2 heterocycles. The van der Waals surface area contributed by atoms with E-state index in [4.69, 9.17) is 0 Å². The van der Waals surface area contributed by atoms with Gasteiger partial charge in [0.1, 0.15) is 5.76 Å². The van der Waals surface area contributed by atoms with Gasteiger partial charge in [-0.3, -0.25) is 14.5 Å². The van der Waals surface area contributed by atoms with Crippen molar-refractivity contribution in [2.75, 3.05) is 4.90 Å². The van der Waals surface area contributed by atoms with Gasteiger partial charge in [-0.25, -0.2) is 0 Å². The topological polar surface area (TPSA) is 83.4 Å². The summed E-state index contributed by atoms with van der Waals surface area (Å²) in [7, 11) is 0. The SMILES string of the molecule is Cc1ccc(CSc2nnc(N3C(=O)C(=O)/C(=C(\O)c4ccccc4)C3c3cccc(Br)c3)s2)cc1. The first kappa shape index (κ1) is 24.4. The molecule has 1 N–H and O–H groups in total. The van der Waals surface area contributed by atoms with Gasteiger partial charge in [0.05, 0.1) is 11.6 Å². The molecule has 1 aromatic heterocycles. The highest BCUT2D eigenvalue weighted by molar-refractivity contribution is 9.10. The number of benzene rings is 3. The first-order valence-electron chi connectivity index (χ1n) is 11.1. The van der Waals surface area contributed by atoms with Crippen LogP contribution in [0.2, 0.25) is 0 Å². The van der Waals surface area contributed by atoms with Crippen molar-refractivity contribution < 1.29 is 14.7 Å². The van der Waals surface area contributed by atoms with Gasteiger partial charge in [-0.15, -0.1) is 10.2 Å². The molecule has 0 aliphatic carbocycles. The number of thioether (sulfide) groups is 1. The van der Waals surface area contributed by atoms with Crippen LogP contribution in [0.5, 0.6) is 0 Å². The summed E-state index contributed by atoms with van der Waals surface area (Å²) in [5.74, 6) is -1.02. The van der Waals surface area contributed by atoms with Gasteiger partial charge in [0.15, 0.2) is 4.34 Å². The molecule has 9 heteroatoms. The molecule has 180 valence electrons. The summed E-state index contributed by atoms with van der Waals surface area (Å²) in [5, 5.41) is 20.0. The lowest BCUT2D eigenvalue weighted by Crippen LogP contribution is -2.29. The Labute approximate surface area is 224 Å². The zero-order chi connectivity index (χ0) is 25.2. The van der Waals surface area contributed by atoms with Gasteiger partial charge in [-0.2, -0.15) is 0 Å². The summed E-state index contributed by atoms with van der Waals surface area (Å²) in [4.78, 5) is 27.9. The van der Waals surface area contributed by atoms with E-state index in [0.717, 1.165) is 10.0 Å². The number of anilines is 1. The molecule has 0 radical (unpaired) electrons. The molecule has 5 rings (SSSR count). The van der Waals surface area contributed by atoms with E-state index in [1.807, 2.05) is 37.3 Å². The van der Waals surface area contributed by atoms with Crippen LogP contribution < -0.4 is 4.90 Å². The zero-order valence-corrected chi connectivity index (χ0v) is 22.3. The molecule has 1 fully saturated rings. The number of halogens is 1. The lowest BCUT2D eigenvalue weighted by atomic mass is 9.95. The lowest BCUT2D eigenvalue weighted by molar-refractivity contribution is -0.132. The van der Waals surface area contributed by atoms with Crippen LogP contribution in [0.4, 0.5) is 5.13 Å². The normalized spacial score (nSPS) is 17.1. The third kappa shape index (κ3) is 4.86. The number of aromatic nitrogens is 2. The van der Waals surface area contributed by atoms with Gasteiger partial charge in [0.2, 0.25) is 5.13 Å². The van der Waals surface area contributed by atoms with Crippen LogP contribution in [0.3, 0.4) is 0 Å². The highest BCUT2D eigenvalue weighted by atomic mass is 79.9. The molecule has 1 aliphatic rings. The maximum absolute atomic E-state index is 13.3. The Hall–Kier alpha value is -3.27. The summed E-state index contributed by atoms with van der Waals surface area (Å²) in [6, 6.07) is 23.5. The van der Waals surface area contributed by atoms with E-state index < -0.39 is 17.7 Å². The lowest BCUT2D eigenvalue weighted by Gasteiger charge is -2.22. The van der Waals surface area contributed by atoms with Crippen molar-refractivity contribution in [1.82, 2.24) is 10.2 Å². The van der Waals surface area contributed by atoms with Gasteiger partial charge < -0.3 is 5.11 Å². The minimum atomic E-state index is -0.842. The van der Waals surface area contributed by atoms with Crippen molar-refractivity contribution in [3.8, 4) is 0 Å². The fourth-order valence-corrected chi connectivity index (χ4v) is 6.20. The van der Waals surface area contributed by atoms with Crippen LogP contribution in [0.15, 0.2) is 93.2 Å². The van der Waals surface area contributed by atoms with Gasteiger partial charge >= 0.3 is 5.91 Å². The largest absolute Gasteiger partial charge is 0.507 e. The first-order chi connectivity index (χ1) is 17.4. The second kappa shape index (κ2) is 10.4. The van der Waals surface area contributed by atoms with Gasteiger partial charge in [-0.05, 0) is 30.2 Å². The number of ketones is 1. The standard InChI is InChI=1S/C27H20BrN3O3S2/c1-16-10-12-17(13-11-16)15-35-27-30-29-26(36-27)31-22(19-8-5-9-20(28)14-19)21(24(33)25(31)34)23(32)18-6-3-2-4-7-18/h2-14,22,32H,15H2,1H3/b23-21-. The molecule has 36 heavy (non-hydrogen) atoms. The Morgan fingerprint density at radius 3 is 2.50 bits per heavy atom. The molecule has 1 unspecified atom stereocenters. The van der Waals surface area contributed by atoms with Gasteiger partial charge in [0.25, 0.3) is 5.78 Å². The summed E-state index contributed by atoms with van der Waals surface area (Å²) in [6.45, 7) is 2.04. The molecular formula is C27H20BrN3O3S2. The predicted molar refractivity (Wildman–Crippen MR) is 146 cm³/mol. The molecule has 1 atom stereocenters. The zero-order valence-electron chi connectivity index (χ0n) is 19.1. The third-order valence-corrected chi connectivity index (χ3v) is 8.36. The summed E-state index contributed by atoms with van der Waals surface area (Å²) in [5.41, 5.74) is 3.50. The molecule has 1 aliphatic heterocycles. The molecule has 4 aromatic rings. The van der Waals surface area contributed by atoms with Crippen molar-refractivity contribution in [2.45, 2.75) is 23.1 Å². The van der Waals surface area contributed by atoms with Crippen LogP contribution in [0.25, 0.3) is 5.76 Å². The average Bonchev–Trinajstić information content (AvgIpc) is 3.46. The molecule has 0 spiro atoms. The van der Waals surface area contributed by atoms with Crippen molar-refractivity contribution in [1.29, 1.82) is 0 Å². The van der Waals surface area contributed by atoms with E-state index in [9.17, 15) is 14.7 Å². The smallest absolute Gasteiger partial charge is 0.301 e. The number of rotatable bonds is 6. The third-order valence-electron chi connectivity index (χ3n) is 5.74. The number of aryl methyl sites for hydroxylation is 1. The molecule has 3 aromatic carbocycles. The van der Waals surface area contributed by atoms with Crippen LogP contribution in [0.1, 0.15) is 28.3 Å². The average molecular weight is 579 g/mol. The number of carbonyl (C=O) groups is 2. The molecule has 1 saturated heterocycles. The minimum absolute atomic E-state index is 0.0216. The quantitative estimate of drug-likeness (QED) is 0.0922. The highest BCUT2D eigenvalue weighted by Crippen LogP contribution is 2.44. The van der Waals surface area contributed by atoms with E-state index >= 15 is 0 Å². The van der Waals surface area contributed by atoms with Crippen molar-refractivity contribution in [2.24, 2.45) is 0 Å². The van der Waals surface area contributed by atoms with E-state index in [1.54, 1.807) is 24.3 Å². The first-order valence-corrected chi connectivity index (χ1v) is 13.7. The Bertz CT molecular complexity index is 1470. The molecule has 0 bridgehead atoms. The second-order valence-electron chi connectivity index (χ2n) is 8.21. The van der Waals surface area contributed by atoms with Crippen LogP contribution >= 0.6 is 39.0 Å². The Kier molecular flexibility index (Phi) is 7.04. The number of carbonyl (C=O) groups excluding carboxylic acids is 2. The molecule has 6 nitrogen and oxygen atoms in total. The van der Waals surface area contributed by atoms with Crippen molar-refractivity contribution in [3.05, 3.63) is 111 Å². The Balaban J connectivity index is 1.53. The van der Waals surface area contributed by atoms with E-state index in [-0.39, 0.29) is 11.3 Å². The monoisotopic (exact) mass is 577 g/mol. The number of aliphatic hydroxyl groups excluding tert-OH is 1. The molecular weight excluding hydrogens is 558 g/mol. The number of Topliss-reactive ketones (excluding diaryl/α,β-unsaturated/α-hetero) is 1. The predicted octanol–water partition coefficient (Wildman–Crippen LogP) is 6.53. The van der Waals surface area contributed by atoms with Crippen molar-refractivity contribution >= 4 is 61.6 Å². The van der Waals surface area contributed by atoms with Crippen LogP contribution in [-0.2, 0) is 15.3 Å². The number of nitrogens with zero attached hydrogens (tertiary/aromatic N) is 3. The summed E-state index contributed by atoms with van der Waals surface area (Å²) >= 11 is 6.24. The highest BCUT2D eigenvalue weighted by Gasteiger charge is 2.48. The van der Waals surface area contributed by atoms with Crippen molar-refractivity contribution in [3.63, 3.8) is 0 Å². The van der Waals surface area contributed by atoms with Gasteiger partial charge in [0, 0.05) is 15.8 Å². The van der Waals surface area contributed by atoms with E-state index in [2.05, 4.69) is 50.4 Å². The summed E-state index contributed by atoms with van der Waals surface area (Å²) in [6.07, 6.45) is 0. The fraction of sp³-hybridized carbons (Fsp3) is 0.111. The van der Waals surface area contributed by atoms with Gasteiger partial charge in [-0.1, -0.05) is 111 Å². The Morgan fingerprint density at radius 2 is 1.78 bits per heavy atom. The Morgan fingerprint density at radius 1 is 1.03 bits per heavy atom. The van der Waals surface area contributed by atoms with E-state index in [1.165, 1.54) is 33.6 Å². The maximum Gasteiger partial charge on any atom is 0.301 e. The van der Waals surface area contributed by atoms with E-state index in [0.29, 0.717) is 26.4 Å². The van der Waals surface area contributed by atoms with Crippen LogP contribution in [0, 0.1) is 6.92 Å². The summed E-state index contributed by atoms with van der Waals surface area (Å²) < 4.78 is 1.47. The fourth-order valence-electron chi connectivity index (χ4n) is 3.96. The number of hydrogen-bond donors (Lipinski definition) is 1. The molecule has 1 amide bonds. The maximum atomic E-state index is 13.3. The minimum Gasteiger partial charge on any atom is -0.507 e. The number of aliphatic hydroxyl groups is 1. The van der Waals surface area contributed by atoms with Crippen LogP contribution in [-0.4, -0.2) is 27.0 Å².